The Balaban J connectivity index is 0.743. The summed E-state index contributed by atoms with van der Waals surface area (Å²) >= 11 is 0. The van der Waals surface area contributed by atoms with Crippen LogP contribution in [-0.2, 0) is 0 Å². The number of fused-ring (bicyclic) bond motifs is 18. The first-order valence-corrected chi connectivity index (χ1v) is 34.1. The van der Waals surface area contributed by atoms with Crippen LogP contribution in [0.1, 0.15) is 16.7 Å². The van der Waals surface area contributed by atoms with Gasteiger partial charge in [0.15, 0.2) is 0 Å². The Labute approximate surface area is 561 Å². The zero-order chi connectivity index (χ0) is 62.9. The van der Waals surface area contributed by atoms with E-state index < -0.39 is 0 Å². The highest BCUT2D eigenvalue weighted by Gasteiger charge is 2.46. The molecular formula is C91H54B2N4. The van der Waals surface area contributed by atoms with Gasteiger partial charge < -0.3 is 18.8 Å². The van der Waals surface area contributed by atoms with Crippen LogP contribution in [0.4, 0.5) is 34.1 Å². The van der Waals surface area contributed by atoms with Crippen LogP contribution in [0.3, 0.4) is 0 Å². The summed E-state index contributed by atoms with van der Waals surface area (Å²) in [5.41, 5.74) is 36.5. The first-order valence-electron chi connectivity index (χ1n) is 34.1. The molecule has 2 aromatic heterocycles. The minimum atomic E-state index is -0.122. The van der Waals surface area contributed by atoms with E-state index in [9.17, 15) is 0 Å². The van der Waals surface area contributed by atoms with Gasteiger partial charge in [-0.3, -0.25) is 0 Å². The molecule has 0 bridgehead atoms. The summed E-state index contributed by atoms with van der Waals surface area (Å²) < 4.78 is 5.37. The van der Waals surface area contributed by atoms with Crippen molar-refractivity contribution in [2.24, 2.45) is 5.92 Å². The molecule has 6 heteroatoms. The molecule has 4 aliphatic heterocycles. The number of aromatic nitrogens is 2. The second-order valence-corrected chi connectivity index (χ2v) is 27.3. The molecule has 0 spiro atoms. The maximum atomic E-state index is 2.69. The van der Waals surface area contributed by atoms with Gasteiger partial charge in [0.2, 0.25) is 0 Å². The van der Waals surface area contributed by atoms with Crippen molar-refractivity contribution >= 4 is 152 Å². The average Bonchev–Trinajstić information content (AvgIpc) is 1.66. The molecule has 3 aliphatic carbocycles. The van der Waals surface area contributed by atoms with Gasteiger partial charge in [0.1, 0.15) is 0 Å². The fraction of sp³-hybridized carbons (Fsp3) is 0.0110. The molecular weight excluding hydrogens is 1170 g/mol. The number of nitrogens with zero attached hydrogens (tertiary/aromatic N) is 4. The summed E-state index contributed by atoms with van der Waals surface area (Å²) in [5, 5.41) is 10.1. The van der Waals surface area contributed by atoms with Crippen molar-refractivity contribution in [2.75, 3.05) is 9.80 Å². The summed E-state index contributed by atoms with van der Waals surface area (Å²) in [6, 6.07) is 108. The average molecular weight is 1230 g/mol. The molecule has 23 rings (SSSR count). The second-order valence-electron chi connectivity index (χ2n) is 27.3. The quantitative estimate of drug-likeness (QED) is 0.126. The van der Waals surface area contributed by atoms with Crippen LogP contribution in [-0.4, -0.2) is 22.7 Å². The van der Waals surface area contributed by atoms with Crippen LogP contribution in [0.25, 0.3) is 127 Å². The molecule has 16 aromatic rings. The molecule has 14 aromatic carbocycles. The molecule has 0 radical (unpaired) electrons. The van der Waals surface area contributed by atoms with Gasteiger partial charge in [-0.2, -0.15) is 0 Å². The first kappa shape index (κ1) is 52.1. The van der Waals surface area contributed by atoms with Gasteiger partial charge in [-0.1, -0.05) is 261 Å². The van der Waals surface area contributed by atoms with Crippen LogP contribution in [0.15, 0.2) is 327 Å². The lowest BCUT2D eigenvalue weighted by molar-refractivity contribution is 0.955. The largest absolute Gasteiger partial charge is 0.375 e. The van der Waals surface area contributed by atoms with Gasteiger partial charge in [-0.25, -0.2) is 0 Å². The van der Waals surface area contributed by atoms with Crippen molar-refractivity contribution in [3.8, 4) is 44.5 Å². The van der Waals surface area contributed by atoms with Gasteiger partial charge in [0.05, 0.1) is 0 Å². The summed E-state index contributed by atoms with van der Waals surface area (Å²) in [6.45, 7) is -0.170. The lowest BCUT2D eigenvalue weighted by atomic mass is 9.44. The van der Waals surface area contributed by atoms with Crippen LogP contribution in [0.5, 0.6) is 0 Å². The smallest absolute Gasteiger partial charge is 0.333 e. The fourth-order valence-corrected chi connectivity index (χ4v) is 18.9. The van der Waals surface area contributed by atoms with E-state index in [0.717, 1.165) is 11.4 Å². The standard InChI is InChI=1S/C91H54B2N4/c1-4-22-54(23-5-1)86-65-33-10-11-34-66(65)87(55-24-6-2-7-25-55)76-53-84-78(51-75(76)86)93-89-69(73-41-19-39-71-64-32-13-15-43-80(64)97(93)91(71)73)37-21-45-82(89)95(84)62-30-16-26-56(49-62)58-46-57-27-17-35-67-74-52-83-77(50-59(74)48-60(47-58)85(57)67)92-88-68(36-20-44-81(88)94(83)61-28-8-3-9-29-61)72-40-18-38-70-63-31-12-14-42-79(63)96(92)90(70)72/h1-53,85H. The number of hydrogen-bond acceptors (Lipinski definition) is 2. The SMILES string of the molecule is C1=CC2=CC(c3cccc(N4c5cc6c(-c7ccccc7)c7ccccc7c(-c7ccccc7)c6cc5B5c6c(cccc64)-c4cccc6c7ccccc7n5c46)c3)=CC3=Cc4cc5c(cc4C(=C1)C23)N(c1ccccc1)c1cccc2c1B5n1c3ccccc3c3cccc-2c31. The van der Waals surface area contributed by atoms with E-state index in [2.05, 4.69) is 340 Å². The van der Waals surface area contributed by atoms with Crippen molar-refractivity contribution in [3.05, 3.63) is 343 Å². The number of anilines is 6. The Hall–Kier alpha value is -12.4. The number of hydrogen-bond donors (Lipinski definition) is 0. The normalized spacial score (nSPS) is 15.4. The molecule has 0 fully saturated rings. The predicted molar refractivity (Wildman–Crippen MR) is 410 cm³/mol. The van der Waals surface area contributed by atoms with Gasteiger partial charge in [-0.05, 0) is 176 Å². The zero-order valence-electron chi connectivity index (χ0n) is 52.6. The molecule has 1 unspecified atom stereocenters. The van der Waals surface area contributed by atoms with E-state index >= 15 is 0 Å². The van der Waals surface area contributed by atoms with E-state index in [0.29, 0.717) is 0 Å². The Morgan fingerprint density at radius 2 is 0.794 bits per heavy atom. The zero-order valence-corrected chi connectivity index (χ0v) is 52.6. The van der Waals surface area contributed by atoms with Gasteiger partial charge in [0, 0.05) is 94.8 Å². The molecule has 0 N–H and O–H groups in total. The third kappa shape index (κ3) is 6.88. The Morgan fingerprint density at radius 1 is 0.309 bits per heavy atom. The van der Waals surface area contributed by atoms with Gasteiger partial charge in [0.25, 0.3) is 0 Å². The number of rotatable bonds is 5. The Bertz CT molecular complexity index is 6460. The van der Waals surface area contributed by atoms with E-state index in [-0.39, 0.29) is 19.6 Å². The monoisotopic (exact) mass is 1220 g/mol. The maximum absolute atomic E-state index is 2.69. The summed E-state index contributed by atoms with van der Waals surface area (Å²) in [4.78, 5) is 5.16. The van der Waals surface area contributed by atoms with Crippen molar-refractivity contribution in [1.82, 2.24) is 8.96 Å². The molecule has 444 valence electrons. The highest BCUT2D eigenvalue weighted by molar-refractivity contribution is 6.91. The van der Waals surface area contributed by atoms with Crippen molar-refractivity contribution < 1.29 is 0 Å². The first-order chi connectivity index (χ1) is 48.2. The molecule has 7 aliphatic rings. The molecule has 0 saturated heterocycles. The summed E-state index contributed by atoms with van der Waals surface area (Å²) in [5.74, 6) is 0.0921. The molecule has 1 atom stereocenters. The van der Waals surface area contributed by atoms with Crippen LogP contribution >= 0.6 is 0 Å². The molecule has 0 amide bonds. The van der Waals surface area contributed by atoms with Crippen LogP contribution < -0.4 is 31.7 Å². The summed E-state index contributed by atoms with van der Waals surface area (Å²) in [6.07, 6.45) is 14.6. The lowest BCUT2D eigenvalue weighted by Gasteiger charge is -2.42. The topological polar surface area (TPSA) is 16.3 Å². The van der Waals surface area contributed by atoms with E-state index in [1.807, 2.05) is 0 Å². The van der Waals surface area contributed by atoms with Crippen LogP contribution in [0.2, 0.25) is 0 Å². The highest BCUT2D eigenvalue weighted by Crippen LogP contribution is 2.54. The lowest BCUT2D eigenvalue weighted by Crippen LogP contribution is -2.56. The number of para-hydroxylation sites is 5. The van der Waals surface area contributed by atoms with Gasteiger partial charge >= 0.3 is 13.7 Å². The predicted octanol–water partition coefficient (Wildman–Crippen LogP) is 20.4. The third-order valence-electron chi connectivity index (χ3n) is 22.6. The van der Waals surface area contributed by atoms with E-state index in [1.54, 1.807) is 0 Å². The minimum Gasteiger partial charge on any atom is -0.375 e. The Kier molecular flexibility index (Phi) is 10.3. The van der Waals surface area contributed by atoms with Crippen molar-refractivity contribution in [1.29, 1.82) is 0 Å². The summed E-state index contributed by atoms with van der Waals surface area (Å²) in [7, 11) is 0. The number of allylic oxidation sites excluding steroid dienone is 9. The molecule has 4 nitrogen and oxygen atoms in total. The van der Waals surface area contributed by atoms with E-state index in [1.165, 1.54) is 193 Å². The third-order valence-corrected chi connectivity index (χ3v) is 22.6. The Morgan fingerprint density at radius 3 is 1.42 bits per heavy atom. The van der Waals surface area contributed by atoms with Gasteiger partial charge in [-0.15, -0.1) is 0 Å². The van der Waals surface area contributed by atoms with Crippen LogP contribution in [0, 0.1) is 5.92 Å². The molecule has 97 heavy (non-hydrogen) atoms. The fourth-order valence-electron chi connectivity index (χ4n) is 18.9. The second kappa shape index (κ2) is 19.2. The number of benzene rings is 14. The van der Waals surface area contributed by atoms with Crippen molar-refractivity contribution in [2.45, 2.75) is 0 Å². The minimum absolute atomic E-state index is 0.0484. The van der Waals surface area contributed by atoms with E-state index in [4.69, 9.17) is 0 Å². The van der Waals surface area contributed by atoms with Crippen molar-refractivity contribution in [3.63, 3.8) is 0 Å². The molecule has 0 saturated carbocycles. The molecule has 6 heterocycles. The maximum Gasteiger partial charge on any atom is 0.333 e. The highest BCUT2D eigenvalue weighted by atomic mass is 15.2.